The lowest BCUT2D eigenvalue weighted by atomic mass is 10.1. The molecule has 2 rings (SSSR count). The third-order valence-corrected chi connectivity index (χ3v) is 3.49. The molecule has 1 aliphatic heterocycles. The Kier molecular flexibility index (Phi) is 3.03. The molecule has 0 atom stereocenters. The van der Waals surface area contributed by atoms with E-state index in [9.17, 15) is 0 Å². The summed E-state index contributed by atoms with van der Waals surface area (Å²) in [6.07, 6.45) is 1.14. The molecule has 0 bridgehead atoms. The molecule has 1 aromatic rings. The fourth-order valence-electron chi connectivity index (χ4n) is 1.73. The van der Waals surface area contributed by atoms with E-state index in [0.717, 1.165) is 26.1 Å². The van der Waals surface area contributed by atoms with Gasteiger partial charge >= 0.3 is 0 Å². The molecule has 0 aliphatic carbocycles. The maximum Gasteiger partial charge on any atom is 0.0385 e. The van der Waals surface area contributed by atoms with Gasteiger partial charge in [-0.25, -0.2) is 0 Å². The second-order valence-corrected chi connectivity index (χ2v) is 4.35. The highest BCUT2D eigenvalue weighted by molar-refractivity contribution is 7.10. The van der Waals surface area contributed by atoms with Crippen LogP contribution in [0.25, 0.3) is 10.4 Å². The summed E-state index contributed by atoms with van der Waals surface area (Å²) in [4.78, 5) is 6.61. The van der Waals surface area contributed by atoms with Crippen LogP contribution in [0, 0.1) is 0 Å². The zero-order valence-electron chi connectivity index (χ0n) is 7.89. The summed E-state index contributed by atoms with van der Waals surface area (Å²) in [5.41, 5.74) is 9.61. The molecule has 1 aromatic heterocycles. The SMILES string of the molecule is [N-]=[N+]=NCCN1CCc2sccc2C1. The molecule has 0 aromatic carbocycles. The van der Waals surface area contributed by atoms with Crippen molar-refractivity contribution in [1.82, 2.24) is 4.90 Å². The monoisotopic (exact) mass is 208 g/mol. The van der Waals surface area contributed by atoms with Gasteiger partial charge in [0.05, 0.1) is 0 Å². The van der Waals surface area contributed by atoms with E-state index >= 15 is 0 Å². The summed E-state index contributed by atoms with van der Waals surface area (Å²) in [6.45, 7) is 3.56. The van der Waals surface area contributed by atoms with E-state index in [-0.39, 0.29) is 0 Å². The van der Waals surface area contributed by atoms with Gasteiger partial charge in [-0.05, 0) is 29.0 Å². The van der Waals surface area contributed by atoms with Crippen LogP contribution in [0.2, 0.25) is 0 Å². The number of hydrogen-bond acceptors (Lipinski definition) is 3. The highest BCUT2D eigenvalue weighted by Crippen LogP contribution is 2.23. The molecule has 0 saturated heterocycles. The van der Waals surface area contributed by atoms with Crippen LogP contribution in [0.1, 0.15) is 10.4 Å². The van der Waals surface area contributed by atoms with E-state index in [0.29, 0.717) is 6.54 Å². The summed E-state index contributed by atoms with van der Waals surface area (Å²) in [5, 5.41) is 5.71. The second-order valence-electron chi connectivity index (χ2n) is 3.35. The molecule has 0 saturated carbocycles. The lowest BCUT2D eigenvalue weighted by molar-refractivity contribution is 0.263. The molecule has 0 amide bonds. The Morgan fingerprint density at radius 1 is 1.64 bits per heavy atom. The van der Waals surface area contributed by atoms with Crippen LogP contribution in [0.4, 0.5) is 0 Å². The van der Waals surface area contributed by atoms with Crippen molar-refractivity contribution >= 4 is 11.3 Å². The van der Waals surface area contributed by atoms with Crippen molar-refractivity contribution in [3.8, 4) is 0 Å². The molecule has 14 heavy (non-hydrogen) atoms. The summed E-state index contributed by atoms with van der Waals surface area (Å²) < 4.78 is 0. The topological polar surface area (TPSA) is 52.0 Å². The third-order valence-electron chi connectivity index (χ3n) is 2.47. The Bertz CT molecular complexity index is 353. The molecule has 4 nitrogen and oxygen atoms in total. The largest absolute Gasteiger partial charge is 0.299 e. The van der Waals surface area contributed by atoms with Crippen LogP contribution in [-0.4, -0.2) is 24.5 Å². The highest BCUT2D eigenvalue weighted by atomic mass is 32.1. The van der Waals surface area contributed by atoms with E-state index in [1.54, 1.807) is 0 Å². The van der Waals surface area contributed by atoms with Gasteiger partial charge in [-0.2, -0.15) is 0 Å². The lowest BCUT2D eigenvalue weighted by Crippen LogP contribution is -2.31. The molecular weight excluding hydrogens is 196 g/mol. The maximum atomic E-state index is 8.16. The molecular formula is C9H12N4S. The van der Waals surface area contributed by atoms with Gasteiger partial charge in [-0.15, -0.1) is 11.3 Å². The van der Waals surface area contributed by atoms with Gasteiger partial charge in [0.25, 0.3) is 0 Å². The van der Waals surface area contributed by atoms with Crippen LogP contribution < -0.4 is 0 Å². The Balaban J connectivity index is 1.91. The van der Waals surface area contributed by atoms with Crippen molar-refractivity contribution in [2.45, 2.75) is 13.0 Å². The molecule has 0 spiro atoms. The second kappa shape index (κ2) is 4.46. The normalized spacial score (nSPS) is 16.0. The Labute approximate surface area is 86.8 Å². The fraction of sp³-hybridized carbons (Fsp3) is 0.556. The van der Waals surface area contributed by atoms with Crippen molar-refractivity contribution in [2.75, 3.05) is 19.6 Å². The van der Waals surface area contributed by atoms with Gasteiger partial charge in [0.15, 0.2) is 0 Å². The van der Waals surface area contributed by atoms with Crippen LogP contribution in [-0.2, 0) is 13.0 Å². The van der Waals surface area contributed by atoms with Gasteiger partial charge in [0.2, 0.25) is 0 Å². The predicted octanol–water partition coefficient (Wildman–Crippen LogP) is 2.42. The number of hydrogen-bond donors (Lipinski definition) is 0. The van der Waals surface area contributed by atoms with Crippen molar-refractivity contribution in [1.29, 1.82) is 0 Å². The van der Waals surface area contributed by atoms with Crippen molar-refractivity contribution in [2.24, 2.45) is 5.11 Å². The molecule has 1 aliphatic rings. The first-order valence-corrected chi connectivity index (χ1v) is 5.56. The van der Waals surface area contributed by atoms with Gasteiger partial charge in [-0.3, -0.25) is 4.90 Å². The van der Waals surface area contributed by atoms with Gasteiger partial charge < -0.3 is 0 Å². The average Bonchev–Trinajstić information content (AvgIpc) is 2.65. The predicted molar refractivity (Wildman–Crippen MR) is 57.3 cm³/mol. The minimum Gasteiger partial charge on any atom is -0.299 e. The van der Waals surface area contributed by atoms with E-state index < -0.39 is 0 Å². The minimum atomic E-state index is 0.579. The van der Waals surface area contributed by atoms with Crippen molar-refractivity contribution < 1.29 is 0 Å². The highest BCUT2D eigenvalue weighted by Gasteiger charge is 2.15. The molecule has 74 valence electrons. The number of thiophene rings is 1. The summed E-state index contributed by atoms with van der Waals surface area (Å²) in [5.74, 6) is 0. The van der Waals surface area contributed by atoms with E-state index in [2.05, 4.69) is 26.4 Å². The average molecular weight is 208 g/mol. The van der Waals surface area contributed by atoms with Crippen LogP contribution in [0.3, 0.4) is 0 Å². The Morgan fingerprint density at radius 2 is 2.57 bits per heavy atom. The van der Waals surface area contributed by atoms with Crippen LogP contribution in [0.5, 0.6) is 0 Å². The number of rotatable bonds is 3. The maximum absolute atomic E-state index is 8.16. The molecule has 5 heteroatoms. The van der Waals surface area contributed by atoms with Crippen LogP contribution in [0.15, 0.2) is 16.6 Å². The number of azide groups is 1. The van der Waals surface area contributed by atoms with E-state index in [4.69, 9.17) is 5.53 Å². The Hall–Kier alpha value is -1.03. The summed E-state index contributed by atoms with van der Waals surface area (Å²) in [6, 6.07) is 2.19. The number of nitrogens with zero attached hydrogens (tertiary/aromatic N) is 4. The first-order valence-electron chi connectivity index (χ1n) is 4.68. The quantitative estimate of drug-likeness (QED) is 0.427. The molecule has 0 unspecified atom stereocenters. The van der Waals surface area contributed by atoms with E-state index in [1.165, 1.54) is 10.4 Å². The fourth-order valence-corrected chi connectivity index (χ4v) is 2.62. The zero-order chi connectivity index (χ0) is 9.80. The Morgan fingerprint density at radius 3 is 3.43 bits per heavy atom. The van der Waals surface area contributed by atoms with E-state index in [1.807, 2.05) is 11.3 Å². The van der Waals surface area contributed by atoms with Crippen molar-refractivity contribution in [3.05, 3.63) is 32.3 Å². The summed E-state index contributed by atoms with van der Waals surface area (Å²) >= 11 is 1.85. The molecule has 0 fully saturated rings. The summed E-state index contributed by atoms with van der Waals surface area (Å²) in [7, 11) is 0. The van der Waals surface area contributed by atoms with Gasteiger partial charge in [0, 0.05) is 36.0 Å². The molecule has 0 radical (unpaired) electrons. The smallest absolute Gasteiger partial charge is 0.0385 e. The third kappa shape index (κ3) is 2.07. The first kappa shape index (κ1) is 9.52. The standard InChI is InChI=1S/C9H12N4S/c10-12-11-3-5-13-4-1-9-8(7-13)2-6-14-9/h2,6H,1,3-5,7H2. The molecule has 2 heterocycles. The zero-order valence-corrected chi connectivity index (χ0v) is 8.70. The van der Waals surface area contributed by atoms with Gasteiger partial charge in [-0.1, -0.05) is 5.11 Å². The molecule has 0 N–H and O–H groups in total. The lowest BCUT2D eigenvalue weighted by Gasteiger charge is -2.25. The first-order chi connectivity index (χ1) is 6.90. The van der Waals surface area contributed by atoms with Crippen molar-refractivity contribution in [3.63, 3.8) is 0 Å². The minimum absolute atomic E-state index is 0.579. The van der Waals surface area contributed by atoms with Gasteiger partial charge in [0.1, 0.15) is 0 Å². The number of fused-ring (bicyclic) bond motifs is 1. The van der Waals surface area contributed by atoms with Crippen LogP contribution >= 0.6 is 11.3 Å².